The fourth-order valence-corrected chi connectivity index (χ4v) is 2.67. The van der Waals surface area contributed by atoms with Crippen molar-refractivity contribution in [2.45, 2.75) is 20.3 Å². The molecule has 1 unspecified atom stereocenters. The lowest BCUT2D eigenvalue weighted by molar-refractivity contribution is 0.250. The summed E-state index contributed by atoms with van der Waals surface area (Å²) in [6.45, 7) is 8.18. The van der Waals surface area contributed by atoms with Crippen LogP contribution in [0.2, 0.25) is 0 Å². The number of nitrogens with zero attached hydrogens (tertiary/aromatic N) is 1. The van der Waals surface area contributed by atoms with Crippen LogP contribution in [0.25, 0.3) is 0 Å². The predicted octanol–water partition coefficient (Wildman–Crippen LogP) is 2.47. The van der Waals surface area contributed by atoms with Crippen LogP contribution in [0.15, 0.2) is 18.2 Å². The summed E-state index contributed by atoms with van der Waals surface area (Å²) in [5.41, 5.74) is 1.80. The van der Waals surface area contributed by atoms with Gasteiger partial charge in [0.2, 0.25) is 0 Å². The average molecular weight is 291 g/mol. The maximum absolute atomic E-state index is 12.0. The number of carbonyl (C=O) groups excluding carboxylic acids is 1. The van der Waals surface area contributed by atoms with Gasteiger partial charge in [-0.05, 0) is 56.1 Å². The normalized spacial score (nSPS) is 18.5. The van der Waals surface area contributed by atoms with Crippen LogP contribution < -0.4 is 15.4 Å². The monoisotopic (exact) mass is 291 g/mol. The third kappa shape index (κ3) is 4.36. The Bertz CT molecular complexity index is 490. The quantitative estimate of drug-likeness (QED) is 0.876. The number of nitrogens with one attached hydrogen (secondary N) is 2. The summed E-state index contributed by atoms with van der Waals surface area (Å²) in [5.74, 6) is 1.36. The summed E-state index contributed by atoms with van der Waals surface area (Å²) in [6, 6.07) is 5.48. The van der Waals surface area contributed by atoms with Gasteiger partial charge in [-0.15, -0.1) is 0 Å². The smallest absolute Gasteiger partial charge is 0.319 e. The zero-order chi connectivity index (χ0) is 15.2. The minimum Gasteiger partial charge on any atom is -0.497 e. The van der Waals surface area contributed by atoms with E-state index in [2.05, 4.69) is 22.5 Å². The number of methoxy groups -OCH3 is 1. The van der Waals surface area contributed by atoms with Crippen LogP contribution in [0.3, 0.4) is 0 Å². The summed E-state index contributed by atoms with van der Waals surface area (Å²) in [6.07, 6.45) is 1.16. The van der Waals surface area contributed by atoms with E-state index < -0.39 is 0 Å². The molecule has 2 N–H and O–H groups in total. The highest BCUT2D eigenvalue weighted by molar-refractivity contribution is 5.90. The molecular formula is C16H25N3O2. The van der Waals surface area contributed by atoms with E-state index in [1.165, 1.54) is 0 Å². The van der Waals surface area contributed by atoms with Gasteiger partial charge in [-0.2, -0.15) is 0 Å². The number of anilines is 1. The lowest BCUT2D eigenvalue weighted by atomic mass is 10.1. The van der Waals surface area contributed by atoms with Crippen LogP contribution in [-0.4, -0.2) is 44.2 Å². The molecule has 5 nitrogen and oxygen atoms in total. The first kappa shape index (κ1) is 15.6. The van der Waals surface area contributed by atoms with Crippen LogP contribution in [0.1, 0.15) is 18.9 Å². The van der Waals surface area contributed by atoms with E-state index in [0.717, 1.165) is 49.6 Å². The topological polar surface area (TPSA) is 53.6 Å². The van der Waals surface area contributed by atoms with Gasteiger partial charge in [0.25, 0.3) is 0 Å². The molecule has 0 radical (unpaired) electrons. The lowest BCUT2D eigenvalue weighted by Crippen LogP contribution is -2.34. The maximum atomic E-state index is 12.0. The van der Waals surface area contributed by atoms with Gasteiger partial charge in [-0.3, -0.25) is 0 Å². The van der Waals surface area contributed by atoms with E-state index in [9.17, 15) is 4.79 Å². The van der Waals surface area contributed by atoms with Crippen molar-refractivity contribution >= 4 is 11.7 Å². The highest BCUT2D eigenvalue weighted by Gasteiger charge is 2.21. The first-order valence-corrected chi connectivity index (χ1v) is 7.54. The van der Waals surface area contributed by atoms with Gasteiger partial charge in [0, 0.05) is 18.8 Å². The van der Waals surface area contributed by atoms with E-state index >= 15 is 0 Å². The van der Waals surface area contributed by atoms with Crippen LogP contribution in [0, 0.1) is 12.8 Å². The van der Waals surface area contributed by atoms with Crippen molar-refractivity contribution < 1.29 is 9.53 Å². The molecule has 0 aromatic heterocycles. The Kier molecular flexibility index (Phi) is 5.44. The Balaban J connectivity index is 1.79. The number of aryl methyl sites for hydroxylation is 1. The molecule has 1 saturated heterocycles. The number of carbonyl (C=O) groups is 1. The molecular weight excluding hydrogens is 266 g/mol. The molecule has 0 aliphatic carbocycles. The molecule has 1 atom stereocenters. The van der Waals surface area contributed by atoms with Crippen LogP contribution >= 0.6 is 0 Å². The van der Waals surface area contributed by atoms with E-state index in [1.807, 2.05) is 25.1 Å². The van der Waals surface area contributed by atoms with Crippen LogP contribution in [-0.2, 0) is 0 Å². The van der Waals surface area contributed by atoms with Crippen molar-refractivity contribution in [2.24, 2.45) is 5.92 Å². The number of ether oxygens (including phenoxy) is 1. The van der Waals surface area contributed by atoms with Gasteiger partial charge >= 0.3 is 6.03 Å². The van der Waals surface area contributed by atoms with Gasteiger partial charge in [0.15, 0.2) is 0 Å². The fourth-order valence-electron chi connectivity index (χ4n) is 2.67. The summed E-state index contributed by atoms with van der Waals surface area (Å²) in [7, 11) is 1.63. The van der Waals surface area contributed by atoms with Gasteiger partial charge in [0.1, 0.15) is 5.75 Å². The van der Waals surface area contributed by atoms with Crippen molar-refractivity contribution in [3.05, 3.63) is 23.8 Å². The molecule has 0 saturated carbocycles. The number of hydrogen-bond donors (Lipinski definition) is 2. The number of hydrogen-bond acceptors (Lipinski definition) is 3. The van der Waals surface area contributed by atoms with Crippen molar-refractivity contribution in [1.29, 1.82) is 0 Å². The minimum absolute atomic E-state index is 0.141. The summed E-state index contributed by atoms with van der Waals surface area (Å²) < 4.78 is 5.16. The SMILES string of the molecule is CCN1CCC(CNC(=O)Nc2ccc(OC)cc2C)C1. The van der Waals surface area contributed by atoms with Gasteiger partial charge < -0.3 is 20.3 Å². The van der Waals surface area contributed by atoms with Crippen LogP contribution in [0.5, 0.6) is 5.75 Å². The zero-order valence-electron chi connectivity index (χ0n) is 13.1. The number of urea groups is 1. The number of amides is 2. The van der Waals surface area contributed by atoms with E-state index in [0.29, 0.717) is 5.92 Å². The second-order valence-electron chi connectivity index (χ2n) is 5.56. The third-order valence-corrected chi connectivity index (χ3v) is 4.05. The van der Waals surface area contributed by atoms with Crippen molar-refractivity contribution in [3.8, 4) is 5.75 Å². The summed E-state index contributed by atoms with van der Waals surface area (Å²) in [5, 5.41) is 5.86. The van der Waals surface area contributed by atoms with Crippen LogP contribution in [0.4, 0.5) is 10.5 Å². The molecule has 2 amide bonds. The molecule has 2 rings (SSSR count). The molecule has 1 fully saturated rings. The molecule has 21 heavy (non-hydrogen) atoms. The van der Waals surface area contributed by atoms with Crippen molar-refractivity contribution in [1.82, 2.24) is 10.2 Å². The molecule has 1 aliphatic rings. The number of rotatable bonds is 5. The highest BCUT2D eigenvalue weighted by atomic mass is 16.5. The van der Waals surface area contributed by atoms with E-state index in [1.54, 1.807) is 7.11 Å². The molecule has 5 heteroatoms. The molecule has 1 aliphatic heterocycles. The Morgan fingerprint density at radius 2 is 2.29 bits per heavy atom. The maximum Gasteiger partial charge on any atom is 0.319 e. The number of benzene rings is 1. The summed E-state index contributed by atoms with van der Waals surface area (Å²) in [4.78, 5) is 14.4. The predicted molar refractivity (Wildman–Crippen MR) is 85.0 cm³/mol. The van der Waals surface area contributed by atoms with Crippen molar-refractivity contribution in [3.63, 3.8) is 0 Å². The Morgan fingerprint density at radius 1 is 1.48 bits per heavy atom. The zero-order valence-corrected chi connectivity index (χ0v) is 13.1. The second-order valence-corrected chi connectivity index (χ2v) is 5.56. The van der Waals surface area contributed by atoms with E-state index in [4.69, 9.17) is 4.74 Å². The molecule has 0 bridgehead atoms. The number of likely N-dealkylation sites (tertiary alicyclic amines) is 1. The standard InChI is InChI=1S/C16H25N3O2/c1-4-19-8-7-13(11-19)10-17-16(20)18-15-6-5-14(21-3)9-12(15)2/h5-6,9,13H,4,7-8,10-11H2,1-3H3,(H2,17,18,20). The second kappa shape index (κ2) is 7.31. The fraction of sp³-hybridized carbons (Fsp3) is 0.562. The Morgan fingerprint density at radius 3 is 2.90 bits per heavy atom. The van der Waals surface area contributed by atoms with E-state index in [-0.39, 0.29) is 6.03 Å². The van der Waals surface area contributed by atoms with Crippen molar-refractivity contribution in [2.75, 3.05) is 38.6 Å². The highest BCUT2D eigenvalue weighted by Crippen LogP contribution is 2.21. The first-order valence-electron chi connectivity index (χ1n) is 7.54. The average Bonchev–Trinajstić information content (AvgIpc) is 2.95. The molecule has 0 spiro atoms. The van der Waals surface area contributed by atoms with Gasteiger partial charge in [-0.1, -0.05) is 6.92 Å². The van der Waals surface area contributed by atoms with Gasteiger partial charge in [0.05, 0.1) is 7.11 Å². The van der Waals surface area contributed by atoms with Gasteiger partial charge in [-0.25, -0.2) is 4.79 Å². The molecule has 1 heterocycles. The lowest BCUT2D eigenvalue weighted by Gasteiger charge is -2.15. The molecule has 1 aromatic carbocycles. The minimum atomic E-state index is -0.141. The first-order chi connectivity index (χ1) is 10.1. The molecule has 116 valence electrons. The Labute approximate surface area is 126 Å². The Hall–Kier alpha value is -1.75. The third-order valence-electron chi connectivity index (χ3n) is 4.05. The molecule has 1 aromatic rings. The largest absolute Gasteiger partial charge is 0.497 e. The summed E-state index contributed by atoms with van der Waals surface area (Å²) >= 11 is 0.